The fourth-order valence-electron chi connectivity index (χ4n) is 20.1. The highest BCUT2D eigenvalue weighted by molar-refractivity contribution is 7.98. The van der Waals surface area contributed by atoms with Crippen LogP contribution in [0.3, 0.4) is 0 Å². The predicted octanol–water partition coefficient (Wildman–Crippen LogP) is 15.0. The van der Waals surface area contributed by atoms with E-state index in [-0.39, 0.29) is 125 Å². The molecule has 16 rings (SSSR count). The molecule has 3 saturated heterocycles. The van der Waals surface area contributed by atoms with Crippen LogP contribution in [0.15, 0.2) is 148 Å². The van der Waals surface area contributed by atoms with Crippen molar-refractivity contribution in [1.82, 2.24) is 12.9 Å². The van der Waals surface area contributed by atoms with E-state index in [0.717, 1.165) is 42.0 Å². The van der Waals surface area contributed by atoms with Crippen LogP contribution < -0.4 is 18.9 Å². The first-order chi connectivity index (χ1) is 52.5. The molecule has 6 heterocycles. The molecule has 3 aliphatic carbocycles. The van der Waals surface area contributed by atoms with Crippen molar-refractivity contribution < 1.29 is 87.4 Å². The summed E-state index contributed by atoms with van der Waals surface area (Å²) in [7, 11) is -18.2. The summed E-state index contributed by atoms with van der Waals surface area (Å²) in [4.78, 5) is -0.0663. The highest BCUT2D eigenvalue weighted by atomic mass is 35.5. The molecule has 7 aromatic carbocycles. The van der Waals surface area contributed by atoms with Crippen LogP contribution in [0.5, 0.6) is 23.0 Å². The number of nitrogens with zero attached hydrogens (tertiary/aromatic N) is 3. The molecule has 111 heavy (non-hydrogen) atoms. The third kappa shape index (κ3) is 13.2. The number of hydrogen-bond donors (Lipinski definition) is 0. The highest BCUT2D eigenvalue weighted by Gasteiger charge is 2.68. The maximum atomic E-state index is 15.9. The molecule has 2 unspecified atom stereocenters. The molecule has 3 saturated carbocycles. The lowest BCUT2D eigenvalue weighted by atomic mass is 9.63. The molecule has 6 aliphatic heterocycles. The normalized spacial score (nSPS) is 31.4. The topological polar surface area (TPSA) is 217 Å². The van der Waals surface area contributed by atoms with E-state index in [1.54, 1.807) is 30.6 Å². The van der Waals surface area contributed by atoms with Crippen molar-refractivity contribution in [3.8, 4) is 23.0 Å². The van der Waals surface area contributed by atoms with E-state index < -0.39 is 149 Å². The lowest BCUT2D eigenvalue weighted by Gasteiger charge is -2.57. The molecule has 0 radical (unpaired) electrons. The van der Waals surface area contributed by atoms with Crippen LogP contribution in [-0.4, -0.2) is 142 Å². The van der Waals surface area contributed by atoms with Gasteiger partial charge in [0.1, 0.15) is 37.4 Å². The predicted molar refractivity (Wildman–Crippen MR) is 417 cm³/mol. The Bertz CT molecular complexity index is 5520. The molecule has 0 amide bonds. The van der Waals surface area contributed by atoms with Crippen molar-refractivity contribution in [2.45, 2.75) is 143 Å². The van der Waals surface area contributed by atoms with Gasteiger partial charge in [0.15, 0.2) is 64.2 Å². The molecule has 15 atom stereocenters. The Morgan fingerprint density at radius 3 is 1.21 bits per heavy atom. The first kappa shape index (κ1) is 81.5. The van der Waals surface area contributed by atoms with Crippen molar-refractivity contribution >= 4 is 105 Å². The minimum Gasteiger partial charge on any atom is -0.497 e. The second-order valence-corrected chi connectivity index (χ2v) is 45.2. The van der Waals surface area contributed by atoms with Crippen molar-refractivity contribution in [2.24, 2.45) is 35.5 Å². The van der Waals surface area contributed by atoms with Gasteiger partial charge in [0.25, 0.3) is 0 Å². The van der Waals surface area contributed by atoms with Gasteiger partial charge in [-0.05, 0) is 228 Å². The number of methoxy groups -OCH3 is 1. The molecule has 32 heteroatoms. The molecule has 7 aromatic rings. The minimum atomic E-state index is -4.37. The SMILES string of the molecule is C=S1(=O)CC[C@@H]2[C@@H](CC[C@@]3(S(=O)(=O)c4ccc(Cl)cc4)c4c(F)ccc(F)c4OC[C@@H]23)N1C.C=S1(=O)CC[C@@H]2[C@@H](CC[C@@]3(S(=O)(=O)c4ccc(Cl)cc4)c4c(F)ccc(F)c4OC[C@@H]23)N1CC.CCC[C@@H]1C[C@@H]2[C@@H](CC[C@@]3(S(=O)(=O)c4ccc(Cl)cc4)c4c(F)ccc(F)c4OC[C@@H]23)N(Cc2ccc(OC)cc2)S1(=O)=O. The molecular weight excluding hydrogens is 1630 g/mol. The lowest BCUT2D eigenvalue weighted by Crippen LogP contribution is -2.64. The van der Waals surface area contributed by atoms with E-state index in [0.29, 0.717) is 77.4 Å². The van der Waals surface area contributed by atoms with Crippen LogP contribution in [0, 0.1) is 70.4 Å². The minimum absolute atomic E-state index is 0.000901. The zero-order chi connectivity index (χ0) is 79.7. The summed E-state index contributed by atoms with van der Waals surface area (Å²) in [6.45, 7) is 4.07. The van der Waals surface area contributed by atoms with Gasteiger partial charge in [0, 0.05) is 95.0 Å². The molecule has 0 N–H and O–H groups in total. The van der Waals surface area contributed by atoms with E-state index in [4.69, 9.17) is 53.8 Å². The van der Waals surface area contributed by atoms with Crippen LogP contribution in [0.25, 0.3) is 0 Å². The quantitative estimate of drug-likeness (QED) is 0.0821. The Labute approximate surface area is 660 Å². The summed E-state index contributed by atoms with van der Waals surface area (Å²) in [6.07, 6.45) is 2.95. The summed E-state index contributed by atoms with van der Waals surface area (Å²) in [6, 6.07) is 29.1. The first-order valence-corrected chi connectivity index (χ1v) is 47.5. The summed E-state index contributed by atoms with van der Waals surface area (Å²) in [5.74, 6) is -0.0455. The molecule has 9 aliphatic rings. The highest BCUT2D eigenvalue weighted by Crippen LogP contribution is 2.64. The van der Waals surface area contributed by atoms with Gasteiger partial charge in [-0.2, -0.15) is 4.31 Å². The van der Waals surface area contributed by atoms with Gasteiger partial charge in [0.2, 0.25) is 10.0 Å². The van der Waals surface area contributed by atoms with Crippen molar-refractivity contribution in [3.05, 3.63) is 206 Å². The Kier molecular flexibility index (Phi) is 22.2. The van der Waals surface area contributed by atoms with Gasteiger partial charge in [-0.1, -0.05) is 67.2 Å². The van der Waals surface area contributed by atoms with Gasteiger partial charge < -0.3 is 18.9 Å². The summed E-state index contributed by atoms with van der Waals surface area (Å²) in [5.41, 5.74) is -0.0320. The van der Waals surface area contributed by atoms with Gasteiger partial charge in [0.05, 0.1) is 63.6 Å². The maximum Gasteiger partial charge on any atom is 0.217 e. The second-order valence-electron chi connectivity index (χ2n) is 30.2. The van der Waals surface area contributed by atoms with Gasteiger partial charge in [-0.3, -0.25) is 8.42 Å². The Morgan fingerprint density at radius 2 is 0.829 bits per heavy atom. The zero-order valence-electron chi connectivity index (χ0n) is 61.0. The molecule has 598 valence electrons. The number of rotatable bonds is 12. The van der Waals surface area contributed by atoms with E-state index in [1.165, 1.54) is 77.1 Å². The summed E-state index contributed by atoms with van der Waals surface area (Å²) < 4.78 is 255. The van der Waals surface area contributed by atoms with Crippen LogP contribution in [0.1, 0.15) is 107 Å². The molecule has 0 aromatic heterocycles. The Balaban J connectivity index is 0.000000140. The van der Waals surface area contributed by atoms with Gasteiger partial charge >= 0.3 is 0 Å². The van der Waals surface area contributed by atoms with Crippen molar-refractivity contribution in [3.63, 3.8) is 0 Å². The fourth-order valence-corrected chi connectivity index (χ4v) is 33.8. The largest absolute Gasteiger partial charge is 0.497 e. The van der Waals surface area contributed by atoms with Crippen LogP contribution >= 0.6 is 34.8 Å². The third-order valence-corrected chi connectivity index (χ3v) is 40.4. The standard InChI is InChI=1S/C32H34ClF2NO6S2.C24H26ClF2NO4S2.C23H24ClF2NO4S2/c1-3-4-24-17-25-26-19-42-31-28(35)14-13-27(34)30(31)32(26,43(37,38)23-11-7-21(33)8-12-23)16-15-29(25)36(44(24,39)40)18-20-5-9-22(41-2)10-6-20;1-3-28-21-10-12-24(34(30,31)16-6-4-15(25)5-7-16)18(17(21)11-13-33(28,2)29)14-32-23-20(27)9-8-19(26)22(23)24;1-27-20-9-11-23(33(29,30)15-5-3-14(24)4-6-15)17(16(20)10-12-32(27,2)28)13-31-22-19(26)8-7-18(25)21(22)23/h5-14,24-26,29H,3-4,15-19H2,1-2H3;4-9,17-18,21H,2-3,10-14H2,1H3;3-8,16-17,20H,2,9-13H2,1H3/t24-,25+,26+,29-,32+;17-,18-,21+,24-,33?;16-,17-,20+,23-,32?/m100/s1. The number of sulfone groups is 3. The molecule has 17 nitrogen and oxygen atoms in total. The second kappa shape index (κ2) is 30.2. The molecule has 0 spiro atoms. The third-order valence-electron chi connectivity index (χ3n) is 25.1. The van der Waals surface area contributed by atoms with Crippen LogP contribution in [0.2, 0.25) is 15.1 Å². The van der Waals surface area contributed by atoms with E-state index in [2.05, 4.69) is 11.7 Å². The molecule has 0 bridgehead atoms. The number of benzene rings is 7. The van der Waals surface area contributed by atoms with Gasteiger partial charge in [-0.25, -0.2) is 68.6 Å². The average molecular weight is 1710 g/mol. The van der Waals surface area contributed by atoms with Gasteiger partial charge in [-0.15, -0.1) is 0 Å². The van der Waals surface area contributed by atoms with Crippen molar-refractivity contribution in [1.29, 1.82) is 0 Å². The Hall–Kier alpha value is -6.09. The van der Waals surface area contributed by atoms with E-state index in [9.17, 15) is 50.9 Å². The number of fused-ring (bicyclic) bond motifs is 15. The summed E-state index contributed by atoms with van der Waals surface area (Å²) >= 11 is 18.1. The lowest BCUT2D eigenvalue weighted by molar-refractivity contribution is 0.0143. The number of sulfonamides is 1. The van der Waals surface area contributed by atoms with Crippen LogP contribution in [0.4, 0.5) is 26.3 Å². The average Bonchev–Trinajstić information content (AvgIpc) is 0.701. The number of halogens is 9. The van der Waals surface area contributed by atoms with E-state index >= 15 is 17.6 Å². The Morgan fingerprint density at radius 1 is 0.477 bits per heavy atom. The number of ether oxygens (including phenoxy) is 4. The zero-order valence-corrected chi connectivity index (χ0v) is 68.2. The maximum absolute atomic E-state index is 15.9. The smallest absolute Gasteiger partial charge is 0.217 e. The fraction of sp³-hybridized carbons (Fsp3) is 0.443. The van der Waals surface area contributed by atoms with Crippen LogP contribution in [-0.2, 0) is 79.7 Å². The summed E-state index contributed by atoms with van der Waals surface area (Å²) in [5, 5.41) is 0.313. The molecular formula is C79H84Cl3F6N3O14S6. The van der Waals surface area contributed by atoms with Crippen molar-refractivity contribution in [2.75, 3.05) is 52.0 Å². The first-order valence-electron chi connectivity index (χ1n) is 36.7. The molecule has 6 fully saturated rings. The monoisotopic (exact) mass is 1710 g/mol. The number of hydrogen-bond acceptors (Lipinski definition) is 14. The van der Waals surface area contributed by atoms with E-state index in [1.807, 2.05) is 30.3 Å².